The summed E-state index contributed by atoms with van der Waals surface area (Å²) in [4.78, 5) is 19.8. The Morgan fingerprint density at radius 2 is 2.07 bits per heavy atom. The van der Waals surface area contributed by atoms with Crippen molar-refractivity contribution in [1.29, 1.82) is 0 Å². The minimum absolute atomic E-state index is 0. The fourth-order valence-corrected chi connectivity index (χ4v) is 0.851. The number of nitro benzene ring substituents is 1. The van der Waals surface area contributed by atoms with Crippen molar-refractivity contribution in [2.24, 2.45) is 0 Å². The second-order valence-electron chi connectivity index (χ2n) is 2.24. The number of aromatic carboxylic acids is 1. The smallest absolute Gasteiger partial charge is 1.00 e. The molecule has 2 N–H and O–H groups in total. The molecule has 0 bridgehead atoms. The second kappa shape index (κ2) is 4.94. The van der Waals surface area contributed by atoms with E-state index in [2.05, 4.69) is 0 Å². The Bertz CT molecular complexity index is 351. The molecule has 6 nitrogen and oxygen atoms in total. The number of nitrogens with zero attached hydrogens (tertiary/aromatic N) is 1. The molecule has 0 spiro atoms. The molecule has 0 saturated carbocycles. The van der Waals surface area contributed by atoms with E-state index in [1.165, 1.54) is 6.07 Å². The number of carbonyl (C=O) groups is 1. The fourth-order valence-electron chi connectivity index (χ4n) is 0.851. The minimum atomic E-state index is -1.40. The zero-order valence-corrected chi connectivity index (χ0v) is 9.30. The third kappa shape index (κ3) is 2.44. The first-order chi connectivity index (χ1) is 6.04. The molecule has 0 unspecified atom stereocenters. The van der Waals surface area contributed by atoms with E-state index in [0.717, 1.165) is 12.1 Å². The molecule has 0 aliphatic rings. The molecule has 0 aromatic heterocycles. The number of hydrogen-bond acceptors (Lipinski definition) is 4. The Labute approximate surface area is 102 Å². The van der Waals surface area contributed by atoms with E-state index in [9.17, 15) is 14.9 Å². The van der Waals surface area contributed by atoms with Crippen molar-refractivity contribution in [3.63, 3.8) is 0 Å². The summed E-state index contributed by atoms with van der Waals surface area (Å²) in [5.74, 6) is -2.22. The number of carboxylic acid groups (broad SMARTS) is 1. The molecule has 70 valence electrons. The van der Waals surface area contributed by atoms with Gasteiger partial charge in [-0.15, -0.1) is 0 Å². The first-order valence-electron chi connectivity index (χ1n) is 3.23. The van der Waals surface area contributed by atoms with Crippen molar-refractivity contribution in [2.75, 3.05) is 0 Å². The van der Waals surface area contributed by atoms with Gasteiger partial charge in [-0.2, -0.15) is 0 Å². The van der Waals surface area contributed by atoms with Crippen molar-refractivity contribution >= 4 is 11.7 Å². The van der Waals surface area contributed by atoms with Crippen LogP contribution in [0.1, 0.15) is 11.8 Å². The minimum Gasteiger partial charge on any atom is -1.00 e. The van der Waals surface area contributed by atoms with E-state index in [-0.39, 0.29) is 31.0 Å². The molecule has 1 rings (SSSR count). The average Bonchev–Trinajstić information content (AvgIpc) is 2.03. The van der Waals surface area contributed by atoms with Crippen molar-refractivity contribution < 1.29 is 50.9 Å². The van der Waals surface area contributed by atoms with Crippen LogP contribution in [0.4, 0.5) is 5.69 Å². The first-order valence-corrected chi connectivity index (χ1v) is 3.23. The molecule has 1 aromatic carbocycles. The normalized spacial score (nSPS) is 8.86. The van der Waals surface area contributed by atoms with Gasteiger partial charge < -0.3 is 11.6 Å². The van der Waals surface area contributed by atoms with Crippen molar-refractivity contribution in [1.82, 2.24) is 0 Å². The maximum absolute atomic E-state index is 10.4. The molecule has 7 heteroatoms. The number of carboxylic acids is 1. The summed E-state index contributed by atoms with van der Waals surface area (Å²) >= 11 is 0. The van der Waals surface area contributed by atoms with E-state index < -0.39 is 27.9 Å². The molecule has 0 fully saturated rings. The molecular formula is C7H6NNaO5. The Morgan fingerprint density at radius 3 is 2.50 bits per heavy atom. The largest absolute Gasteiger partial charge is 1.00 e. The predicted octanol–water partition coefficient (Wildman–Crippen LogP) is -1.88. The van der Waals surface area contributed by atoms with Crippen LogP contribution in [-0.4, -0.2) is 21.1 Å². The first kappa shape index (κ1) is 12.9. The summed E-state index contributed by atoms with van der Waals surface area (Å²) in [7, 11) is 0. The Kier molecular flexibility index (Phi) is 4.55. The van der Waals surface area contributed by atoms with Gasteiger partial charge in [-0.1, -0.05) is 6.07 Å². The fraction of sp³-hybridized carbons (Fsp3) is 0. The molecule has 0 radical (unpaired) electrons. The summed E-state index contributed by atoms with van der Waals surface area (Å²) in [5.41, 5.74) is -1.09. The molecule has 0 aliphatic heterocycles. The van der Waals surface area contributed by atoms with Crippen LogP contribution in [0.5, 0.6) is 5.75 Å². The van der Waals surface area contributed by atoms with Gasteiger partial charge >= 0.3 is 41.2 Å². The zero-order valence-electron chi connectivity index (χ0n) is 8.30. The quantitative estimate of drug-likeness (QED) is 0.335. The zero-order chi connectivity index (χ0) is 10.0. The molecule has 0 aliphatic carbocycles. The van der Waals surface area contributed by atoms with Crippen molar-refractivity contribution in [3.8, 4) is 5.75 Å². The van der Waals surface area contributed by atoms with Gasteiger partial charge in [0.05, 0.1) is 4.92 Å². The van der Waals surface area contributed by atoms with Gasteiger partial charge in [0, 0.05) is 6.07 Å². The van der Waals surface area contributed by atoms with E-state index in [1.807, 2.05) is 0 Å². The number of aromatic hydroxyl groups is 1. The molecule has 0 amide bonds. The summed E-state index contributed by atoms with van der Waals surface area (Å²) < 4.78 is 0. The van der Waals surface area contributed by atoms with Gasteiger partial charge in [0.1, 0.15) is 5.56 Å². The third-order valence-electron chi connectivity index (χ3n) is 1.44. The van der Waals surface area contributed by atoms with Crippen LogP contribution in [-0.2, 0) is 0 Å². The van der Waals surface area contributed by atoms with Gasteiger partial charge in [-0.05, 0) is 6.07 Å². The summed E-state index contributed by atoms with van der Waals surface area (Å²) in [5, 5.41) is 27.8. The van der Waals surface area contributed by atoms with Crippen LogP contribution in [0.3, 0.4) is 0 Å². The Balaban J connectivity index is 0. The summed E-state index contributed by atoms with van der Waals surface area (Å²) in [6.45, 7) is 0. The van der Waals surface area contributed by atoms with E-state index >= 15 is 0 Å². The Hall–Kier alpha value is -1.11. The number of para-hydroxylation sites is 1. The van der Waals surface area contributed by atoms with Gasteiger partial charge in [-0.25, -0.2) is 4.79 Å². The Morgan fingerprint density at radius 1 is 1.50 bits per heavy atom. The number of rotatable bonds is 2. The summed E-state index contributed by atoms with van der Waals surface area (Å²) in [6, 6.07) is 3.31. The molecule has 0 atom stereocenters. The van der Waals surface area contributed by atoms with Crippen LogP contribution in [0.15, 0.2) is 18.2 Å². The molecule has 1 aromatic rings. The second-order valence-corrected chi connectivity index (χ2v) is 2.24. The standard InChI is InChI=1S/C7H5NO5.Na.H/c9-6-4(7(10)11)2-1-3-5(6)8(12)13;;/h1-3,9H,(H,10,11);;/q;+1;-1. The van der Waals surface area contributed by atoms with E-state index in [1.54, 1.807) is 0 Å². The molecular weight excluding hydrogens is 201 g/mol. The average molecular weight is 207 g/mol. The number of benzene rings is 1. The topological polar surface area (TPSA) is 101 Å². The molecule has 0 saturated heterocycles. The van der Waals surface area contributed by atoms with Crippen LogP contribution in [0.25, 0.3) is 0 Å². The van der Waals surface area contributed by atoms with Crippen LogP contribution >= 0.6 is 0 Å². The number of hydrogen-bond donors (Lipinski definition) is 2. The van der Waals surface area contributed by atoms with E-state index in [4.69, 9.17) is 10.2 Å². The maximum atomic E-state index is 10.4. The van der Waals surface area contributed by atoms with Gasteiger partial charge in [-0.3, -0.25) is 10.1 Å². The van der Waals surface area contributed by atoms with Crippen LogP contribution in [0, 0.1) is 10.1 Å². The number of nitro groups is 1. The summed E-state index contributed by atoms with van der Waals surface area (Å²) in [6.07, 6.45) is 0. The van der Waals surface area contributed by atoms with Crippen molar-refractivity contribution in [3.05, 3.63) is 33.9 Å². The predicted molar refractivity (Wildman–Crippen MR) is 42.8 cm³/mol. The number of phenols is 1. The van der Waals surface area contributed by atoms with Gasteiger partial charge in [0.2, 0.25) is 5.75 Å². The van der Waals surface area contributed by atoms with Crippen LogP contribution in [0.2, 0.25) is 0 Å². The van der Waals surface area contributed by atoms with Crippen LogP contribution < -0.4 is 29.6 Å². The monoisotopic (exact) mass is 207 g/mol. The molecule has 0 heterocycles. The van der Waals surface area contributed by atoms with E-state index in [0.29, 0.717) is 0 Å². The third-order valence-corrected chi connectivity index (χ3v) is 1.44. The van der Waals surface area contributed by atoms with Gasteiger partial charge in [0.25, 0.3) is 0 Å². The van der Waals surface area contributed by atoms with Crippen molar-refractivity contribution in [2.45, 2.75) is 0 Å². The molecule has 14 heavy (non-hydrogen) atoms. The SMILES string of the molecule is O=C(O)c1cccc([N+](=O)[O-])c1O.[H-].[Na+]. The van der Waals surface area contributed by atoms with Gasteiger partial charge in [0.15, 0.2) is 0 Å². The maximum Gasteiger partial charge on any atom is 1.00 e.